The first-order valence-electron chi connectivity index (χ1n) is 11.2. The van der Waals surface area contributed by atoms with Crippen LogP contribution in [0.5, 0.6) is 0 Å². The monoisotopic (exact) mass is 474 g/mol. The third kappa shape index (κ3) is 4.25. The molecule has 2 aliphatic heterocycles. The number of rotatable bonds is 4. The lowest BCUT2D eigenvalue weighted by molar-refractivity contribution is -0.137. The van der Waals surface area contributed by atoms with Crippen LogP contribution in [0.25, 0.3) is 11.3 Å². The third-order valence-electron chi connectivity index (χ3n) is 6.24. The smallest absolute Gasteiger partial charge is 0.356 e. The van der Waals surface area contributed by atoms with Gasteiger partial charge in [0.25, 0.3) is 5.91 Å². The standard InChI is InChI=1S/C22H25F3N8O/c1-32-12-14(9-29-32)33-7-3-5-15-16(10-27-19(15)20(33)34)18-17(22(23,24)25)11-28-21(31-18)30-13-4-2-6-26-8-13/h9-13,26-27H,2-8H2,1H3,(H,28,30,31). The van der Waals surface area contributed by atoms with Crippen LogP contribution in [-0.2, 0) is 19.6 Å². The lowest BCUT2D eigenvalue weighted by Gasteiger charge is -2.24. The van der Waals surface area contributed by atoms with Gasteiger partial charge in [-0.1, -0.05) is 0 Å². The fourth-order valence-corrected chi connectivity index (χ4v) is 4.58. The summed E-state index contributed by atoms with van der Waals surface area (Å²) >= 11 is 0. The van der Waals surface area contributed by atoms with Crippen molar-refractivity contribution in [3.05, 3.63) is 41.6 Å². The van der Waals surface area contributed by atoms with Crippen molar-refractivity contribution in [1.82, 2.24) is 30.0 Å². The van der Waals surface area contributed by atoms with Gasteiger partial charge in [-0.05, 0) is 37.8 Å². The van der Waals surface area contributed by atoms with Crippen LogP contribution in [0.4, 0.5) is 24.8 Å². The van der Waals surface area contributed by atoms with E-state index in [0.717, 1.165) is 25.6 Å². The molecule has 180 valence electrons. The largest absolute Gasteiger partial charge is 0.419 e. The number of hydrogen-bond acceptors (Lipinski definition) is 6. The van der Waals surface area contributed by atoms with Gasteiger partial charge < -0.3 is 20.5 Å². The zero-order valence-corrected chi connectivity index (χ0v) is 18.6. The number of halogens is 3. The van der Waals surface area contributed by atoms with E-state index in [1.165, 1.54) is 6.20 Å². The van der Waals surface area contributed by atoms with E-state index in [4.69, 9.17) is 0 Å². The summed E-state index contributed by atoms with van der Waals surface area (Å²) in [6.07, 6.45) is 3.82. The van der Waals surface area contributed by atoms with Crippen molar-refractivity contribution >= 4 is 17.5 Å². The van der Waals surface area contributed by atoms with E-state index in [1.807, 2.05) is 0 Å². The van der Waals surface area contributed by atoms with E-state index < -0.39 is 11.7 Å². The molecule has 1 amide bonds. The summed E-state index contributed by atoms with van der Waals surface area (Å²) in [5, 5.41) is 10.5. The first-order chi connectivity index (χ1) is 16.3. The molecule has 1 atom stereocenters. The topological polar surface area (TPSA) is 104 Å². The Labute approximate surface area is 193 Å². The lowest BCUT2D eigenvalue weighted by atomic mass is 10.0. The van der Waals surface area contributed by atoms with Gasteiger partial charge in [-0.15, -0.1) is 0 Å². The van der Waals surface area contributed by atoms with Gasteiger partial charge in [0, 0.05) is 50.3 Å². The number of fused-ring (bicyclic) bond motifs is 1. The molecule has 12 heteroatoms. The maximum Gasteiger partial charge on any atom is 0.419 e. The number of anilines is 2. The van der Waals surface area contributed by atoms with Crippen LogP contribution in [0.3, 0.4) is 0 Å². The third-order valence-corrected chi connectivity index (χ3v) is 6.24. The van der Waals surface area contributed by atoms with Crippen molar-refractivity contribution in [2.75, 3.05) is 29.9 Å². The molecule has 1 unspecified atom stereocenters. The highest BCUT2D eigenvalue weighted by atomic mass is 19.4. The number of aromatic amines is 1. The molecule has 0 radical (unpaired) electrons. The van der Waals surface area contributed by atoms with Crippen LogP contribution in [-0.4, -0.2) is 56.3 Å². The number of aromatic nitrogens is 5. The van der Waals surface area contributed by atoms with E-state index in [0.29, 0.717) is 37.2 Å². The van der Waals surface area contributed by atoms with E-state index in [-0.39, 0.29) is 34.8 Å². The number of H-pyrrole nitrogens is 1. The fraction of sp³-hybridized carbons (Fsp3) is 0.455. The second-order valence-corrected chi connectivity index (χ2v) is 8.63. The second-order valence-electron chi connectivity index (χ2n) is 8.63. The summed E-state index contributed by atoms with van der Waals surface area (Å²) < 4.78 is 43.3. The molecule has 3 aromatic heterocycles. The number of carbonyl (C=O) groups excluding carboxylic acids is 1. The van der Waals surface area contributed by atoms with E-state index in [9.17, 15) is 18.0 Å². The minimum atomic E-state index is -4.64. The highest BCUT2D eigenvalue weighted by Crippen LogP contribution is 2.39. The molecule has 0 saturated carbocycles. The summed E-state index contributed by atoms with van der Waals surface area (Å²) in [5.41, 5.74) is 0.564. The van der Waals surface area contributed by atoms with Gasteiger partial charge in [-0.2, -0.15) is 18.3 Å². The maximum atomic E-state index is 13.9. The van der Waals surface area contributed by atoms with Gasteiger partial charge in [0.15, 0.2) is 0 Å². The van der Waals surface area contributed by atoms with E-state index in [2.05, 4.69) is 30.7 Å². The average Bonchev–Trinajstić information content (AvgIpc) is 3.38. The van der Waals surface area contributed by atoms with Crippen LogP contribution in [0.1, 0.15) is 40.9 Å². The molecule has 0 spiro atoms. The molecule has 5 heterocycles. The summed E-state index contributed by atoms with van der Waals surface area (Å²) in [6, 6.07) is 0.0382. The Kier molecular flexibility index (Phi) is 5.76. The Morgan fingerprint density at radius 3 is 2.79 bits per heavy atom. The van der Waals surface area contributed by atoms with Gasteiger partial charge in [0.1, 0.15) is 11.3 Å². The predicted molar refractivity (Wildman–Crippen MR) is 120 cm³/mol. The first kappa shape index (κ1) is 22.4. The zero-order chi connectivity index (χ0) is 23.9. The SMILES string of the molecule is Cn1cc(N2CCCc3c(-c4nc(NC5CCCNC5)ncc4C(F)(F)F)c[nH]c3C2=O)cn1. The molecule has 0 aromatic carbocycles. The molecule has 1 fully saturated rings. The van der Waals surface area contributed by atoms with Crippen molar-refractivity contribution < 1.29 is 18.0 Å². The number of nitrogens with one attached hydrogen (secondary N) is 3. The van der Waals surface area contributed by atoms with E-state index >= 15 is 0 Å². The minimum absolute atomic E-state index is 0.0382. The lowest BCUT2D eigenvalue weighted by Crippen LogP contribution is -2.38. The van der Waals surface area contributed by atoms with Crippen molar-refractivity contribution in [3.8, 4) is 11.3 Å². The van der Waals surface area contributed by atoms with Crippen molar-refractivity contribution in [3.63, 3.8) is 0 Å². The molecular weight excluding hydrogens is 449 g/mol. The molecule has 9 nitrogen and oxygen atoms in total. The number of nitrogens with zero attached hydrogens (tertiary/aromatic N) is 5. The number of hydrogen-bond donors (Lipinski definition) is 3. The maximum absolute atomic E-state index is 13.9. The molecule has 3 N–H and O–H groups in total. The van der Waals surface area contributed by atoms with Gasteiger partial charge >= 0.3 is 6.18 Å². The quantitative estimate of drug-likeness (QED) is 0.537. The number of amides is 1. The van der Waals surface area contributed by atoms with Crippen LogP contribution < -0.4 is 15.5 Å². The highest BCUT2D eigenvalue weighted by Gasteiger charge is 2.37. The first-order valence-corrected chi connectivity index (χ1v) is 11.2. The number of carbonyl (C=O) groups is 1. The Balaban J connectivity index is 1.53. The van der Waals surface area contributed by atoms with Crippen LogP contribution >= 0.6 is 0 Å². The zero-order valence-electron chi connectivity index (χ0n) is 18.6. The molecule has 1 saturated heterocycles. The normalized spacial score (nSPS) is 19.1. The minimum Gasteiger partial charge on any atom is -0.356 e. The molecule has 5 rings (SSSR count). The van der Waals surface area contributed by atoms with Crippen molar-refractivity contribution in [1.29, 1.82) is 0 Å². The molecule has 34 heavy (non-hydrogen) atoms. The summed E-state index contributed by atoms with van der Waals surface area (Å²) in [6.45, 7) is 2.04. The van der Waals surface area contributed by atoms with Crippen molar-refractivity contribution in [2.24, 2.45) is 7.05 Å². The predicted octanol–water partition coefficient (Wildman–Crippen LogP) is 2.98. The summed E-state index contributed by atoms with van der Waals surface area (Å²) in [7, 11) is 1.76. The second kappa shape index (κ2) is 8.75. The Morgan fingerprint density at radius 1 is 1.24 bits per heavy atom. The van der Waals surface area contributed by atoms with Gasteiger partial charge in [-0.3, -0.25) is 9.48 Å². The fourth-order valence-electron chi connectivity index (χ4n) is 4.58. The molecule has 2 aliphatic rings. The van der Waals surface area contributed by atoms with Crippen LogP contribution in [0, 0.1) is 0 Å². The average molecular weight is 474 g/mol. The molecule has 0 aliphatic carbocycles. The Hall–Kier alpha value is -3.41. The van der Waals surface area contributed by atoms with Crippen molar-refractivity contribution in [2.45, 2.75) is 37.9 Å². The number of alkyl halides is 3. The Bertz CT molecular complexity index is 1200. The van der Waals surface area contributed by atoms with Gasteiger partial charge in [-0.25, -0.2) is 9.97 Å². The molecule has 0 bridgehead atoms. The molecular formula is C22H25F3N8O. The van der Waals surface area contributed by atoms with E-state index in [1.54, 1.807) is 29.0 Å². The Morgan fingerprint density at radius 2 is 2.09 bits per heavy atom. The summed E-state index contributed by atoms with van der Waals surface area (Å²) in [4.78, 5) is 26.0. The van der Waals surface area contributed by atoms with Crippen LogP contribution in [0.2, 0.25) is 0 Å². The van der Waals surface area contributed by atoms with Gasteiger partial charge in [0.05, 0.1) is 17.6 Å². The highest BCUT2D eigenvalue weighted by molar-refractivity contribution is 6.07. The number of aryl methyl sites for hydroxylation is 1. The number of piperidine rings is 1. The summed E-state index contributed by atoms with van der Waals surface area (Å²) in [5.74, 6) is -0.162. The van der Waals surface area contributed by atoms with Crippen LogP contribution in [0.15, 0.2) is 24.8 Å². The van der Waals surface area contributed by atoms with Gasteiger partial charge in [0.2, 0.25) is 5.95 Å². The molecule has 3 aromatic rings.